The maximum atomic E-state index is 12.0. The third-order valence-corrected chi connectivity index (χ3v) is 2.43. The molecule has 1 heterocycles. The number of likely N-dealkylation sites (N-methyl/N-ethyl adjacent to an activating group) is 1. The SMILES string of the molecule is CCN(CC(N)=O)C(=O)c1cc(Cl)nnc1Cl. The van der Waals surface area contributed by atoms with Crippen molar-refractivity contribution in [3.8, 4) is 0 Å². The molecule has 0 unspecified atom stereocenters. The molecule has 0 aliphatic carbocycles. The zero-order valence-corrected chi connectivity index (χ0v) is 10.5. The van der Waals surface area contributed by atoms with Gasteiger partial charge < -0.3 is 10.6 Å². The molecule has 0 saturated heterocycles. The molecule has 0 saturated carbocycles. The third kappa shape index (κ3) is 3.54. The van der Waals surface area contributed by atoms with Crippen LogP contribution in [0.15, 0.2) is 6.07 Å². The van der Waals surface area contributed by atoms with Crippen molar-refractivity contribution in [3.63, 3.8) is 0 Å². The van der Waals surface area contributed by atoms with Gasteiger partial charge in [-0.2, -0.15) is 0 Å². The lowest BCUT2D eigenvalue weighted by atomic mass is 10.2. The third-order valence-electron chi connectivity index (χ3n) is 1.97. The van der Waals surface area contributed by atoms with E-state index in [1.165, 1.54) is 11.0 Å². The zero-order chi connectivity index (χ0) is 13.0. The fourth-order valence-electron chi connectivity index (χ4n) is 1.19. The quantitative estimate of drug-likeness (QED) is 0.878. The molecule has 92 valence electrons. The van der Waals surface area contributed by atoms with Crippen LogP contribution < -0.4 is 5.73 Å². The fraction of sp³-hybridized carbons (Fsp3) is 0.333. The number of halogens is 2. The summed E-state index contributed by atoms with van der Waals surface area (Å²) < 4.78 is 0. The number of hydrogen-bond donors (Lipinski definition) is 1. The van der Waals surface area contributed by atoms with Crippen molar-refractivity contribution >= 4 is 35.0 Å². The van der Waals surface area contributed by atoms with E-state index in [1.54, 1.807) is 6.92 Å². The van der Waals surface area contributed by atoms with Gasteiger partial charge in [-0.15, -0.1) is 10.2 Å². The van der Waals surface area contributed by atoms with Gasteiger partial charge in [0.2, 0.25) is 5.91 Å². The van der Waals surface area contributed by atoms with Gasteiger partial charge in [-0.05, 0) is 13.0 Å². The van der Waals surface area contributed by atoms with Crippen LogP contribution in [-0.2, 0) is 4.79 Å². The Kier molecular flexibility index (Phi) is 4.65. The van der Waals surface area contributed by atoms with Crippen molar-refractivity contribution in [1.82, 2.24) is 15.1 Å². The first kappa shape index (κ1) is 13.7. The smallest absolute Gasteiger partial charge is 0.257 e. The molecule has 0 aliphatic heterocycles. The fourth-order valence-corrected chi connectivity index (χ4v) is 1.51. The van der Waals surface area contributed by atoms with Gasteiger partial charge in [0, 0.05) is 6.54 Å². The molecule has 8 heteroatoms. The second-order valence-electron chi connectivity index (χ2n) is 3.16. The summed E-state index contributed by atoms with van der Waals surface area (Å²) in [5.41, 5.74) is 5.13. The van der Waals surface area contributed by atoms with Gasteiger partial charge in [0.05, 0.1) is 12.1 Å². The largest absolute Gasteiger partial charge is 0.368 e. The minimum absolute atomic E-state index is 0.0490. The van der Waals surface area contributed by atoms with Crippen molar-refractivity contribution < 1.29 is 9.59 Å². The number of hydrogen-bond acceptors (Lipinski definition) is 4. The molecule has 1 aromatic rings. The molecule has 0 radical (unpaired) electrons. The highest BCUT2D eigenvalue weighted by molar-refractivity contribution is 6.34. The topological polar surface area (TPSA) is 89.2 Å². The Balaban J connectivity index is 3.01. The summed E-state index contributed by atoms with van der Waals surface area (Å²) in [5, 5.41) is 6.99. The highest BCUT2D eigenvalue weighted by Crippen LogP contribution is 2.17. The van der Waals surface area contributed by atoms with Crippen LogP contribution in [0.25, 0.3) is 0 Å². The lowest BCUT2D eigenvalue weighted by Gasteiger charge is -2.19. The molecule has 2 N–H and O–H groups in total. The summed E-state index contributed by atoms with van der Waals surface area (Å²) in [6.07, 6.45) is 0. The standard InChI is InChI=1S/C9H10Cl2N4O2/c1-2-15(4-7(12)16)9(17)5-3-6(10)13-14-8(5)11/h3H,2,4H2,1H3,(H2,12,16). The van der Waals surface area contributed by atoms with E-state index < -0.39 is 11.8 Å². The number of nitrogens with two attached hydrogens (primary N) is 1. The molecule has 0 fully saturated rings. The molecular formula is C9H10Cl2N4O2. The first-order chi connectivity index (χ1) is 7.95. The molecule has 0 aliphatic rings. The summed E-state index contributed by atoms with van der Waals surface area (Å²) >= 11 is 11.4. The molecule has 17 heavy (non-hydrogen) atoms. The average Bonchev–Trinajstić information content (AvgIpc) is 2.28. The molecular weight excluding hydrogens is 267 g/mol. The number of aromatic nitrogens is 2. The van der Waals surface area contributed by atoms with E-state index in [2.05, 4.69) is 10.2 Å². The molecule has 0 spiro atoms. The number of carbonyl (C=O) groups is 2. The summed E-state index contributed by atoms with van der Waals surface area (Å²) in [4.78, 5) is 24.0. The molecule has 0 atom stereocenters. The van der Waals surface area contributed by atoms with Crippen molar-refractivity contribution in [3.05, 3.63) is 21.9 Å². The van der Waals surface area contributed by atoms with Gasteiger partial charge in [0.1, 0.15) is 0 Å². The van der Waals surface area contributed by atoms with Crippen molar-refractivity contribution in [2.75, 3.05) is 13.1 Å². The lowest BCUT2D eigenvalue weighted by Crippen LogP contribution is -2.38. The average molecular weight is 277 g/mol. The number of carbonyl (C=O) groups excluding carboxylic acids is 2. The van der Waals surface area contributed by atoms with Crippen LogP contribution in [0.1, 0.15) is 17.3 Å². The van der Waals surface area contributed by atoms with Crippen molar-refractivity contribution in [2.45, 2.75) is 6.92 Å². The Morgan fingerprint density at radius 3 is 2.59 bits per heavy atom. The van der Waals surface area contributed by atoms with E-state index >= 15 is 0 Å². The molecule has 2 amide bonds. The van der Waals surface area contributed by atoms with Crippen molar-refractivity contribution in [2.24, 2.45) is 5.73 Å². The molecule has 0 bridgehead atoms. The molecule has 6 nitrogen and oxygen atoms in total. The van der Waals surface area contributed by atoms with Gasteiger partial charge in [0.15, 0.2) is 10.3 Å². The lowest BCUT2D eigenvalue weighted by molar-refractivity contribution is -0.118. The predicted octanol–water partition coefficient (Wildman–Crippen LogP) is 0.731. The Bertz CT molecular complexity index is 453. The summed E-state index contributed by atoms with van der Waals surface area (Å²) in [6.45, 7) is 1.84. The molecule has 1 aromatic heterocycles. The van der Waals surface area contributed by atoms with E-state index in [0.29, 0.717) is 6.54 Å². The van der Waals surface area contributed by atoms with Gasteiger partial charge >= 0.3 is 0 Å². The minimum atomic E-state index is -0.607. The monoisotopic (exact) mass is 276 g/mol. The summed E-state index contributed by atoms with van der Waals surface area (Å²) in [7, 11) is 0. The zero-order valence-electron chi connectivity index (χ0n) is 8.98. The van der Waals surface area contributed by atoms with Crippen LogP contribution >= 0.6 is 23.2 Å². The van der Waals surface area contributed by atoms with Crippen LogP contribution in [0.3, 0.4) is 0 Å². The summed E-state index contributed by atoms with van der Waals surface area (Å²) in [6, 6.07) is 1.29. The van der Waals surface area contributed by atoms with E-state index in [-0.39, 0.29) is 22.4 Å². The number of amides is 2. The number of nitrogens with zero attached hydrogens (tertiary/aromatic N) is 3. The van der Waals surface area contributed by atoms with Gasteiger partial charge in [-0.3, -0.25) is 9.59 Å². The van der Waals surface area contributed by atoms with E-state index in [0.717, 1.165) is 0 Å². The normalized spacial score (nSPS) is 10.1. The van der Waals surface area contributed by atoms with Crippen LogP contribution in [0.2, 0.25) is 10.3 Å². The first-order valence-corrected chi connectivity index (χ1v) is 5.47. The summed E-state index contributed by atoms with van der Waals surface area (Å²) in [5.74, 6) is -1.07. The Morgan fingerprint density at radius 2 is 2.06 bits per heavy atom. The molecule has 1 rings (SSSR count). The minimum Gasteiger partial charge on any atom is -0.368 e. The Hall–Kier alpha value is -1.40. The first-order valence-electron chi connectivity index (χ1n) is 4.72. The number of primary amides is 1. The van der Waals surface area contributed by atoms with Gasteiger partial charge in [-0.25, -0.2) is 0 Å². The second-order valence-corrected chi connectivity index (χ2v) is 3.90. The van der Waals surface area contributed by atoms with Crippen LogP contribution in [-0.4, -0.2) is 40.0 Å². The maximum Gasteiger partial charge on any atom is 0.257 e. The van der Waals surface area contributed by atoms with E-state index in [9.17, 15) is 9.59 Å². The highest BCUT2D eigenvalue weighted by Gasteiger charge is 2.20. The van der Waals surface area contributed by atoms with E-state index in [4.69, 9.17) is 28.9 Å². The maximum absolute atomic E-state index is 12.0. The van der Waals surface area contributed by atoms with Crippen LogP contribution in [0.5, 0.6) is 0 Å². The highest BCUT2D eigenvalue weighted by atomic mass is 35.5. The van der Waals surface area contributed by atoms with Crippen LogP contribution in [0, 0.1) is 0 Å². The van der Waals surface area contributed by atoms with Crippen molar-refractivity contribution in [1.29, 1.82) is 0 Å². The predicted molar refractivity (Wildman–Crippen MR) is 62.8 cm³/mol. The number of rotatable bonds is 4. The van der Waals surface area contributed by atoms with Gasteiger partial charge in [-0.1, -0.05) is 23.2 Å². The second kappa shape index (κ2) is 5.79. The van der Waals surface area contributed by atoms with Crippen LogP contribution in [0.4, 0.5) is 0 Å². The van der Waals surface area contributed by atoms with Gasteiger partial charge in [0.25, 0.3) is 5.91 Å². The molecule has 0 aromatic carbocycles. The Morgan fingerprint density at radius 1 is 1.41 bits per heavy atom. The van der Waals surface area contributed by atoms with E-state index in [1.807, 2.05) is 0 Å². The Labute approximate surface area is 108 Å².